The first kappa shape index (κ1) is 18.1. The van der Waals surface area contributed by atoms with Crippen LogP contribution in [-0.4, -0.2) is 36.2 Å². The van der Waals surface area contributed by atoms with E-state index in [9.17, 15) is 4.79 Å². The third kappa shape index (κ3) is 7.00. The molecule has 0 fully saturated rings. The van der Waals surface area contributed by atoms with Crippen molar-refractivity contribution in [1.29, 1.82) is 0 Å². The van der Waals surface area contributed by atoms with Crippen LogP contribution in [0.25, 0.3) is 0 Å². The first-order valence-corrected chi connectivity index (χ1v) is 8.73. The molecule has 1 aromatic rings. The largest absolute Gasteiger partial charge is 0.340 e. The Hall–Kier alpha value is -1.00. The fraction of sp³-hybridized carbons (Fsp3) is 0.529. The van der Waals surface area contributed by atoms with E-state index in [1.165, 1.54) is 24.6 Å². The molecule has 0 spiro atoms. The van der Waals surface area contributed by atoms with Gasteiger partial charge in [-0.15, -0.1) is 0 Å². The summed E-state index contributed by atoms with van der Waals surface area (Å²) in [7, 11) is 1.86. The molecule has 1 radical (unpaired) electrons. The van der Waals surface area contributed by atoms with E-state index in [2.05, 4.69) is 18.5 Å². The summed E-state index contributed by atoms with van der Waals surface area (Å²) >= 11 is 1.47. The predicted molar refractivity (Wildman–Crippen MR) is 92.0 cm³/mol. The van der Waals surface area contributed by atoms with Crippen LogP contribution < -0.4 is 5.32 Å². The number of benzene rings is 1. The van der Waals surface area contributed by atoms with E-state index in [0.717, 1.165) is 18.5 Å². The molecular formula is C17H27N2OS. The lowest BCUT2D eigenvalue weighted by Crippen LogP contribution is -2.46. The molecule has 0 heterocycles. The predicted octanol–water partition coefficient (Wildman–Crippen LogP) is 3.32. The molecule has 1 N–H and O–H groups in total. The number of nitrogens with zero attached hydrogens (tertiary/aromatic N) is 1. The fourth-order valence-corrected chi connectivity index (χ4v) is 2.68. The Labute approximate surface area is 133 Å². The van der Waals surface area contributed by atoms with Gasteiger partial charge in [-0.1, -0.05) is 50.1 Å². The number of amides is 1. The highest BCUT2D eigenvalue weighted by molar-refractivity contribution is 8.00. The smallest absolute Gasteiger partial charge is 0.240 e. The van der Waals surface area contributed by atoms with Crippen LogP contribution in [0.15, 0.2) is 30.3 Å². The van der Waals surface area contributed by atoms with E-state index >= 15 is 0 Å². The second kappa shape index (κ2) is 10.7. The summed E-state index contributed by atoms with van der Waals surface area (Å²) in [6, 6.07) is 9.94. The summed E-state index contributed by atoms with van der Waals surface area (Å²) in [6.45, 7) is 3.72. The van der Waals surface area contributed by atoms with Crippen molar-refractivity contribution in [1.82, 2.24) is 10.2 Å². The van der Waals surface area contributed by atoms with Crippen LogP contribution in [0.2, 0.25) is 0 Å². The molecule has 0 saturated heterocycles. The van der Waals surface area contributed by atoms with Gasteiger partial charge in [0.2, 0.25) is 5.91 Å². The molecule has 3 nitrogen and oxygen atoms in total. The Morgan fingerprint density at radius 2 is 2.05 bits per heavy atom. The zero-order valence-corrected chi connectivity index (χ0v) is 14.0. The minimum Gasteiger partial charge on any atom is -0.340 e. The zero-order chi connectivity index (χ0) is 15.5. The maximum absolute atomic E-state index is 12.5. The molecular weight excluding hydrogens is 280 g/mol. The number of carbonyl (C=O) groups is 1. The van der Waals surface area contributed by atoms with Crippen molar-refractivity contribution in [2.24, 2.45) is 0 Å². The van der Waals surface area contributed by atoms with Gasteiger partial charge in [0.1, 0.15) is 0 Å². The second-order valence-corrected chi connectivity index (χ2v) is 6.01. The number of hydrogen-bond donors (Lipinski definition) is 1. The summed E-state index contributed by atoms with van der Waals surface area (Å²) in [5.41, 5.74) is 1.15. The van der Waals surface area contributed by atoms with Crippen LogP contribution in [0.1, 0.15) is 31.7 Å². The first-order valence-electron chi connectivity index (χ1n) is 7.58. The lowest BCUT2D eigenvalue weighted by atomic mass is 10.2. The summed E-state index contributed by atoms with van der Waals surface area (Å²) in [6.07, 6.45) is 7.31. The van der Waals surface area contributed by atoms with Crippen LogP contribution in [0.5, 0.6) is 0 Å². The summed E-state index contributed by atoms with van der Waals surface area (Å²) < 4.78 is 0. The number of thioether (sulfide) groups is 1. The van der Waals surface area contributed by atoms with Gasteiger partial charge < -0.3 is 10.2 Å². The molecule has 1 amide bonds. The second-order valence-electron chi connectivity index (χ2n) is 5.26. The van der Waals surface area contributed by atoms with Gasteiger partial charge in [-0.2, -0.15) is 11.8 Å². The summed E-state index contributed by atoms with van der Waals surface area (Å²) in [4.78, 5) is 14.3. The molecule has 0 aliphatic heterocycles. The van der Waals surface area contributed by atoms with Crippen LogP contribution in [0, 0.1) is 6.26 Å². The normalized spacial score (nSPS) is 12.1. The standard InChI is InChI=1S/C17H27N2OS/c1-4-5-9-12-18-16(14-21-3)17(20)19(2)13-15-10-7-6-8-11-15/h6-8,10-11,16,18H,3-5,9,12-14H2,1-2H3/t16-/m0/s1. The van der Waals surface area contributed by atoms with Crippen molar-refractivity contribution in [3.8, 4) is 0 Å². The van der Waals surface area contributed by atoms with Gasteiger partial charge in [0.25, 0.3) is 0 Å². The van der Waals surface area contributed by atoms with Gasteiger partial charge in [-0.25, -0.2) is 0 Å². The van der Waals surface area contributed by atoms with E-state index in [0.29, 0.717) is 12.3 Å². The molecule has 0 aromatic heterocycles. The Balaban J connectivity index is 2.49. The fourth-order valence-electron chi connectivity index (χ4n) is 2.19. The molecule has 0 aliphatic carbocycles. The Bertz CT molecular complexity index is 397. The minimum absolute atomic E-state index is 0.141. The quantitative estimate of drug-likeness (QED) is 0.673. The van der Waals surface area contributed by atoms with Crippen molar-refractivity contribution >= 4 is 17.7 Å². The SMILES string of the molecule is [CH2]SC[C@H](NCCCCC)C(=O)N(C)Cc1ccccc1. The highest BCUT2D eigenvalue weighted by Gasteiger charge is 2.20. The van der Waals surface area contributed by atoms with Crippen molar-refractivity contribution < 1.29 is 4.79 Å². The number of rotatable bonds is 10. The van der Waals surface area contributed by atoms with Crippen LogP contribution in [0.4, 0.5) is 0 Å². The van der Waals surface area contributed by atoms with Crippen molar-refractivity contribution in [3.05, 3.63) is 42.2 Å². The monoisotopic (exact) mass is 307 g/mol. The molecule has 0 unspecified atom stereocenters. The van der Waals surface area contributed by atoms with E-state index in [4.69, 9.17) is 0 Å². The van der Waals surface area contributed by atoms with Gasteiger partial charge in [0.05, 0.1) is 6.04 Å². The maximum atomic E-state index is 12.5. The Morgan fingerprint density at radius 3 is 2.67 bits per heavy atom. The zero-order valence-electron chi connectivity index (χ0n) is 13.2. The molecule has 0 saturated carbocycles. The Kier molecular flexibility index (Phi) is 9.19. The topological polar surface area (TPSA) is 32.3 Å². The molecule has 0 bridgehead atoms. The van der Waals surface area contributed by atoms with Gasteiger partial charge in [-0.05, 0) is 18.5 Å². The van der Waals surface area contributed by atoms with Crippen molar-refractivity contribution in [3.63, 3.8) is 0 Å². The molecule has 21 heavy (non-hydrogen) atoms. The molecule has 4 heteroatoms. The maximum Gasteiger partial charge on any atom is 0.240 e. The lowest BCUT2D eigenvalue weighted by molar-refractivity contribution is -0.132. The first-order chi connectivity index (χ1) is 10.2. The van der Waals surface area contributed by atoms with Gasteiger partial charge in [0.15, 0.2) is 0 Å². The number of hydrogen-bond acceptors (Lipinski definition) is 3. The number of nitrogens with one attached hydrogen (secondary N) is 1. The molecule has 0 aliphatic rings. The summed E-state index contributed by atoms with van der Waals surface area (Å²) in [5, 5.41) is 3.37. The van der Waals surface area contributed by atoms with Crippen molar-refractivity contribution in [2.45, 2.75) is 38.8 Å². The van der Waals surface area contributed by atoms with E-state index in [-0.39, 0.29) is 11.9 Å². The molecule has 1 atom stereocenters. The lowest BCUT2D eigenvalue weighted by Gasteiger charge is -2.24. The summed E-state index contributed by atoms with van der Waals surface area (Å²) in [5.74, 6) is 0.857. The highest BCUT2D eigenvalue weighted by Crippen LogP contribution is 2.07. The number of carbonyl (C=O) groups excluding carboxylic acids is 1. The van der Waals surface area contributed by atoms with Gasteiger partial charge in [0, 0.05) is 25.6 Å². The highest BCUT2D eigenvalue weighted by atomic mass is 32.2. The van der Waals surface area contributed by atoms with E-state index in [1.807, 2.05) is 37.4 Å². The van der Waals surface area contributed by atoms with Crippen LogP contribution in [-0.2, 0) is 11.3 Å². The molecule has 1 aromatic carbocycles. The Morgan fingerprint density at radius 1 is 1.33 bits per heavy atom. The van der Waals surface area contributed by atoms with Gasteiger partial charge >= 0.3 is 0 Å². The third-order valence-electron chi connectivity index (χ3n) is 3.39. The molecule has 1 rings (SSSR count). The van der Waals surface area contributed by atoms with Crippen LogP contribution >= 0.6 is 11.8 Å². The minimum atomic E-state index is -0.141. The van der Waals surface area contributed by atoms with Gasteiger partial charge in [-0.3, -0.25) is 4.79 Å². The molecule has 117 valence electrons. The average Bonchev–Trinajstić information content (AvgIpc) is 2.50. The van der Waals surface area contributed by atoms with Crippen molar-refractivity contribution in [2.75, 3.05) is 19.3 Å². The number of likely N-dealkylation sites (N-methyl/N-ethyl adjacent to an activating group) is 1. The average molecular weight is 307 g/mol. The van der Waals surface area contributed by atoms with Crippen LogP contribution in [0.3, 0.4) is 0 Å². The van der Waals surface area contributed by atoms with E-state index < -0.39 is 0 Å². The third-order valence-corrected chi connectivity index (χ3v) is 3.96. The number of unbranched alkanes of at least 4 members (excludes halogenated alkanes) is 2. The van der Waals surface area contributed by atoms with E-state index in [1.54, 1.807) is 4.90 Å².